The second-order valence-corrected chi connectivity index (χ2v) is 3.51. The number of anilines is 1. The summed E-state index contributed by atoms with van der Waals surface area (Å²) >= 11 is 0. The molecule has 0 aliphatic rings. The van der Waals surface area contributed by atoms with Gasteiger partial charge in [-0.15, -0.1) is 0 Å². The van der Waals surface area contributed by atoms with Crippen LogP contribution in [0.4, 0.5) is 5.82 Å². The lowest BCUT2D eigenvalue weighted by Gasteiger charge is -2.06. The number of carbonyl (C=O) groups excluding carboxylic acids is 1. The van der Waals surface area contributed by atoms with Gasteiger partial charge in [0.1, 0.15) is 23.8 Å². The SMILES string of the molecule is CCC(=O)Nc1cc(-n2ccnc2C)ncn1. The molecule has 0 spiro atoms. The highest BCUT2D eigenvalue weighted by atomic mass is 16.1. The third kappa shape index (κ3) is 2.47. The van der Waals surface area contributed by atoms with E-state index in [1.165, 1.54) is 6.33 Å². The minimum atomic E-state index is -0.0722. The number of hydrogen-bond donors (Lipinski definition) is 1. The number of imidazole rings is 1. The van der Waals surface area contributed by atoms with Gasteiger partial charge < -0.3 is 5.32 Å². The molecular formula is C11H13N5O. The monoisotopic (exact) mass is 231 g/mol. The van der Waals surface area contributed by atoms with Crippen molar-refractivity contribution >= 4 is 11.7 Å². The maximum Gasteiger partial charge on any atom is 0.225 e. The van der Waals surface area contributed by atoms with Gasteiger partial charge in [-0.2, -0.15) is 0 Å². The Labute approximate surface area is 98.7 Å². The molecule has 2 aromatic rings. The van der Waals surface area contributed by atoms with Crippen LogP contribution in [0.1, 0.15) is 19.2 Å². The van der Waals surface area contributed by atoms with E-state index in [0.29, 0.717) is 18.1 Å². The zero-order valence-electron chi connectivity index (χ0n) is 9.71. The van der Waals surface area contributed by atoms with Crippen molar-refractivity contribution in [3.8, 4) is 5.82 Å². The zero-order valence-corrected chi connectivity index (χ0v) is 9.71. The molecule has 0 aliphatic carbocycles. The number of aryl methyl sites for hydroxylation is 1. The summed E-state index contributed by atoms with van der Waals surface area (Å²) in [6.45, 7) is 3.67. The van der Waals surface area contributed by atoms with Crippen molar-refractivity contribution in [3.63, 3.8) is 0 Å². The molecular weight excluding hydrogens is 218 g/mol. The zero-order chi connectivity index (χ0) is 12.3. The molecule has 6 nitrogen and oxygen atoms in total. The second-order valence-electron chi connectivity index (χ2n) is 3.51. The first kappa shape index (κ1) is 11.3. The molecule has 88 valence electrons. The summed E-state index contributed by atoms with van der Waals surface area (Å²) in [6, 6.07) is 1.71. The lowest BCUT2D eigenvalue weighted by Crippen LogP contribution is -2.11. The van der Waals surface area contributed by atoms with Gasteiger partial charge in [0.2, 0.25) is 5.91 Å². The van der Waals surface area contributed by atoms with Gasteiger partial charge in [-0.25, -0.2) is 15.0 Å². The first-order valence-corrected chi connectivity index (χ1v) is 5.33. The van der Waals surface area contributed by atoms with Crippen LogP contribution in [0, 0.1) is 6.92 Å². The summed E-state index contributed by atoms with van der Waals surface area (Å²) in [7, 11) is 0. The fourth-order valence-electron chi connectivity index (χ4n) is 1.40. The molecule has 0 aliphatic heterocycles. The molecule has 0 saturated carbocycles. The first-order valence-electron chi connectivity index (χ1n) is 5.33. The molecule has 0 bridgehead atoms. The topological polar surface area (TPSA) is 72.7 Å². The minimum Gasteiger partial charge on any atom is -0.311 e. The maximum atomic E-state index is 11.3. The van der Waals surface area contributed by atoms with Crippen LogP contribution in [-0.4, -0.2) is 25.4 Å². The van der Waals surface area contributed by atoms with Gasteiger partial charge in [-0.1, -0.05) is 6.92 Å². The van der Waals surface area contributed by atoms with E-state index in [1.54, 1.807) is 19.2 Å². The number of nitrogens with zero attached hydrogens (tertiary/aromatic N) is 4. The van der Waals surface area contributed by atoms with Crippen molar-refractivity contribution in [3.05, 3.63) is 30.6 Å². The van der Waals surface area contributed by atoms with Gasteiger partial charge in [-0.05, 0) is 6.92 Å². The molecule has 6 heteroatoms. The highest BCUT2D eigenvalue weighted by molar-refractivity contribution is 5.89. The van der Waals surface area contributed by atoms with E-state index >= 15 is 0 Å². The Morgan fingerprint density at radius 1 is 1.41 bits per heavy atom. The predicted molar refractivity (Wildman–Crippen MR) is 62.8 cm³/mol. The molecule has 0 unspecified atom stereocenters. The van der Waals surface area contributed by atoms with Crippen LogP contribution in [0.2, 0.25) is 0 Å². The number of nitrogens with one attached hydrogen (secondary N) is 1. The largest absolute Gasteiger partial charge is 0.311 e. The standard InChI is InChI=1S/C11H13N5O/c1-3-11(17)15-9-6-10(14-7-13-9)16-5-4-12-8(16)2/h4-7H,3H2,1-2H3,(H,13,14,15,17). The van der Waals surface area contributed by atoms with Crippen molar-refractivity contribution < 1.29 is 4.79 Å². The van der Waals surface area contributed by atoms with Gasteiger partial charge in [0.25, 0.3) is 0 Å². The molecule has 0 saturated heterocycles. The summed E-state index contributed by atoms with van der Waals surface area (Å²) in [4.78, 5) is 23.5. The van der Waals surface area contributed by atoms with Gasteiger partial charge in [-0.3, -0.25) is 9.36 Å². The molecule has 2 rings (SSSR count). The van der Waals surface area contributed by atoms with E-state index in [1.807, 2.05) is 17.7 Å². The number of aromatic nitrogens is 4. The van der Waals surface area contributed by atoms with Crippen molar-refractivity contribution in [1.29, 1.82) is 0 Å². The fourth-order valence-corrected chi connectivity index (χ4v) is 1.40. The third-order valence-electron chi connectivity index (χ3n) is 2.31. The molecule has 1 N–H and O–H groups in total. The Balaban J connectivity index is 2.29. The van der Waals surface area contributed by atoms with E-state index in [2.05, 4.69) is 20.3 Å². The molecule has 1 amide bonds. The summed E-state index contributed by atoms with van der Waals surface area (Å²) in [5.74, 6) is 1.94. The Hall–Kier alpha value is -2.24. The smallest absolute Gasteiger partial charge is 0.225 e. The Bertz CT molecular complexity index is 534. The summed E-state index contributed by atoms with van der Waals surface area (Å²) in [5, 5.41) is 2.69. The molecule has 0 fully saturated rings. The van der Waals surface area contributed by atoms with Gasteiger partial charge >= 0.3 is 0 Å². The molecule has 0 radical (unpaired) electrons. The quantitative estimate of drug-likeness (QED) is 0.864. The van der Waals surface area contributed by atoms with Crippen LogP contribution in [0.25, 0.3) is 5.82 Å². The van der Waals surface area contributed by atoms with Crippen molar-refractivity contribution in [2.75, 3.05) is 5.32 Å². The highest BCUT2D eigenvalue weighted by Crippen LogP contribution is 2.10. The fraction of sp³-hybridized carbons (Fsp3) is 0.273. The van der Waals surface area contributed by atoms with Crippen LogP contribution in [0.5, 0.6) is 0 Å². The maximum absolute atomic E-state index is 11.3. The van der Waals surface area contributed by atoms with Crippen LogP contribution in [0.15, 0.2) is 24.8 Å². The summed E-state index contributed by atoms with van der Waals surface area (Å²) < 4.78 is 1.82. The average molecular weight is 231 g/mol. The second kappa shape index (κ2) is 4.73. The lowest BCUT2D eigenvalue weighted by atomic mass is 10.4. The van der Waals surface area contributed by atoms with E-state index in [0.717, 1.165) is 5.82 Å². The number of amides is 1. The Kier molecular flexibility index (Phi) is 3.13. The van der Waals surface area contributed by atoms with Gasteiger partial charge in [0, 0.05) is 24.9 Å². The molecule has 17 heavy (non-hydrogen) atoms. The number of hydrogen-bond acceptors (Lipinski definition) is 4. The van der Waals surface area contributed by atoms with Crippen molar-refractivity contribution in [2.24, 2.45) is 0 Å². The molecule has 0 aromatic carbocycles. The van der Waals surface area contributed by atoms with Crippen LogP contribution < -0.4 is 5.32 Å². The normalized spacial score (nSPS) is 10.2. The summed E-state index contributed by atoms with van der Waals surface area (Å²) in [5.41, 5.74) is 0. The van der Waals surface area contributed by atoms with E-state index < -0.39 is 0 Å². The van der Waals surface area contributed by atoms with Crippen LogP contribution in [0.3, 0.4) is 0 Å². The Morgan fingerprint density at radius 2 is 2.24 bits per heavy atom. The lowest BCUT2D eigenvalue weighted by molar-refractivity contribution is -0.115. The molecule has 2 heterocycles. The van der Waals surface area contributed by atoms with Crippen LogP contribution in [-0.2, 0) is 4.79 Å². The van der Waals surface area contributed by atoms with Crippen molar-refractivity contribution in [1.82, 2.24) is 19.5 Å². The highest BCUT2D eigenvalue weighted by Gasteiger charge is 2.05. The minimum absolute atomic E-state index is 0.0722. The average Bonchev–Trinajstić information content (AvgIpc) is 2.75. The van der Waals surface area contributed by atoms with Gasteiger partial charge in [0.05, 0.1) is 0 Å². The van der Waals surface area contributed by atoms with Crippen LogP contribution >= 0.6 is 0 Å². The van der Waals surface area contributed by atoms with E-state index in [-0.39, 0.29) is 5.91 Å². The van der Waals surface area contributed by atoms with E-state index in [4.69, 9.17) is 0 Å². The molecule has 0 atom stereocenters. The van der Waals surface area contributed by atoms with E-state index in [9.17, 15) is 4.79 Å². The third-order valence-corrected chi connectivity index (χ3v) is 2.31. The number of carbonyl (C=O) groups is 1. The van der Waals surface area contributed by atoms with Gasteiger partial charge in [0.15, 0.2) is 0 Å². The summed E-state index contributed by atoms with van der Waals surface area (Å²) in [6.07, 6.45) is 5.34. The Morgan fingerprint density at radius 3 is 2.88 bits per heavy atom. The first-order chi connectivity index (χ1) is 8.20. The number of rotatable bonds is 3. The molecule has 2 aromatic heterocycles. The predicted octanol–water partition coefficient (Wildman–Crippen LogP) is 1.32. The van der Waals surface area contributed by atoms with Crippen molar-refractivity contribution in [2.45, 2.75) is 20.3 Å².